The van der Waals surface area contributed by atoms with Crippen LogP contribution in [0.2, 0.25) is 0 Å². The Balaban J connectivity index is 1.05. The molecule has 4 saturated carbocycles. The molecule has 10 atom stereocenters. The van der Waals surface area contributed by atoms with Crippen LogP contribution in [-0.2, 0) is 4.79 Å². The van der Waals surface area contributed by atoms with Gasteiger partial charge in [-0.2, -0.15) is 0 Å². The third-order valence-corrected chi connectivity index (χ3v) is 12.8. The van der Waals surface area contributed by atoms with E-state index in [1.165, 1.54) is 25.7 Å². The second-order valence-corrected chi connectivity index (χ2v) is 14.5. The van der Waals surface area contributed by atoms with Crippen molar-refractivity contribution in [3.63, 3.8) is 0 Å². The van der Waals surface area contributed by atoms with Crippen LogP contribution in [0.1, 0.15) is 85.0 Å². The molecule has 4 aliphatic carbocycles. The van der Waals surface area contributed by atoms with Crippen LogP contribution in [0.5, 0.6) is 0 Å². The molecule has 1 amide bonds. The minimum atomic E-state index is -0.219. The number of pyridine rings is 1. The molecule has 6 rings (SSSR count). The second kappa shape index (κ2) is 10.6. The molecule has 1 saturated heterocycles. The quantitative estimate of drug-likeness (QED) is 0.544. The summed E-state index contributed by atoms with van der Waals surface area (Å²) in [6.45, 7) is 10.7. The van der Waals surface area contributed by atoms with Crippen molar-refractivity contribution in [3.8, 4) is 0 Å². The van der Waals surface area contributed by atoms with Crippen molar-refractivity contribution in [2.75, 3.05) is 31.1 Å². The van der Waals surface area contributed by atoms with E-state index in [9.17, 15) is 15.0 Å². The molecule has 5 fully saturated rings. The molecule has 1 aromatic rings. The molecule has 0 spiro atoms. The number of anilines is 1. The van der Waals surface area contributed by atoms with Gasteiger partial charge in [-0.1, -0.05) is 26.8 Å². The Kier molecular flexibility index (Phi) is 7.50. The zero-order chi connectivity index (χ0) is 27.4. The van der Waals surface area contributed by atoms with E-state index < -0.39 is 0 Å². The lowest BCUT2D eigenvalue weighted by Gasteiger charge is -2.62. The molecule has 6 nitrogen and oxygen atoms in total. The lowest BCUT2D eigenvalue weighted by Crippen LogP contribution is -2.58. The smallest absolute Gasteiger partial charge is 0.222 e. The number of fused-ring (bicyclic) bond motifs is 5. The molecule has 1 aromatic heterocycles. The first-order valence-electron chi connectivity index (χ1n) is 16.0. The van der Waals surface area contributed by atoms with Gasteiger partial charge in [0.1, 0.15) is 5.82 Å². The SMILES string of the molecule is C[C@H](CCC(=O)N1CCN(c2ccccn2)CC1)[C@H]1CC[C@H]2[C@@H]3[C@@H](O)C[C@@H]4C[C@H](O)CC[C@]4(C)[C@H]3CC[C@]12C. The Hall–Kier alpha value is -1.66. The van der Waals surface area contributed by atoms with Crippen molar-refractivity contribution < 1.29 is 15.0 Å². The van der Waals surface area contributed by atoms with Gasteiger partial charge in [0.2, 0.25) is 5.91 Å². The van der Waals surface area contributed by atoms with Crippen molar-refractivity contribution in [2.24, 2.45) is 46.3 Å². The molecular weight excluding hydrogens is 486 g/mol. The fraction of sp³-hybridized carbons (Fsp3) is 0.818. The minimum absolute atomic E-state index is 0.176. The first-order chi connectivity index (χ1) is 18.7. The molecule has 2 heterocycles. The fourth-order valence-corrected chi connectivity index (χ4v) is 10.6. The Morgan fingerprint density at radius 3 is 2.49 bits per heavy atom. The zero-order valence-corrected chi connectivity index (χ0v) is 24.5. The van der Waals surface area contributed by atoms with E-state index in [2.05, 4.69) is 35.6 Å². The van der Waals surface area contributed by atoms with Gasteiger partial charge in [-0.25, -0.2) is 4.98 Å². The Bertz CT molecular complexity index is 1010. The standard InChI is InChI=1S/C33H51N3O3/c1-22(7-10-30(39)36-18-16-35(17-19-36)29-6-4-5-15-34-29)25-8-9-26-31-27(12-14-33(25,26)3)32(2)13-11-24(37)20-23(32)21-28(31)38/h4-6,15,22-28,31,37-38H,7-14,16-21H2,1-3H3/t22-,23+,24-,25-,26+,27+,28+,31+,32+,33-/m1/s1. The second-order valence-electron chi connectivity index (χ2n) is 14.5. The van der Waals surface area contributed by atoms with Gasteiger partial charge in [0.25, 0.3) is 0 Å². The number of aliphatic hydroxyl groups excluding tert-OH is 2. The molecule has 0 radical (unpaired) electrons. The van der Waals surface area contributed by atoms with Gasteiger partial charge in [0.05, 0.1) is 12.2 Å². The Labute approximate surface area is 235 Å². The van der Waals surface area contributed by atoms with Crippen molar-refractivity contribution in [3.05, 3.63) is 24.4 Å². The Morgan fingerprint density at radius 2 is 1.74 bits per heavy atom. The molecule has 5 aliphatic rings. The van der Waals surface area contributed by atoms with Crippen molar-refractivity contribution in [1.29, 1.82) is 0 Å². The van der Waals surface area contributed by atoms with Crippen LogP contribution >= 0.6 is 0 Å². The maximum Gasteiger partial charge on any atom is 0.222 e. The maximum atomic E-state index is 13.2. The summed E-state index contributed by atoms with van der Waals surface area (Å²) in [5.41, 5.74) is 0.553. The average Bonchev–Trinajstić information content (AvgIpc) is 3.30. The Morgan fingerprint density at radius 1 is 1.00 bits per heavy atom. The van der Waals surface area contributed by atoms with E-state index >= 15 is 0 Å². The van der Waals surface area contributed by atoms with Crippen LogP contribution in [0, 0.1) is 46.3 Å². The molecule has 39 heavy (non-hydrogen) atoms. The van der Waals surface area contributed by atoms with E-state index in [1.54, 1.807) is 0 Å². The van der Waals surface area contributed by atoms with Gasteiger partial charge in [0.15, 0.2) is 0 Å². The summed E-state index contributed by atoms with van der Waals surface area (Å²) in [5.74, 6) is 4.56. The predicted octanol–water partition coefficient (Wildman–Crippen LogP) is 5.14. The maximum absolute atomic E-state index is 13.2. The van der Waals surface area contributed by atoms with E-state index in [4.69, 9.17) is 0 Å². The number of rotatable bonds is 5. The number of hydrogen-bond donors (Lipinski definition) is 2. The monoisotopic (exact) mass is 537 g/mol. The van der Waals surface area contributed by atoms with E-state index in [0.29, 0.717) is 47.8 Å². The van der Waals surface area contributed by atoms with Crippen LogP contribution in [0.3, 0.4) is 0 Å². The molecule has 0 bridgehead atoms. The molecule has 216 valence electrons. The summed E-state index contributed by atoms with van der Waals surface area (Å²) in [6.07, 6.45) is 11.8. The normalized spacial score (nSPS) is 42.8. The average molecular weight is 538 g/mol. The number of carbonyl (C=O) groups excluding carboxylic acids is 1. The number of carbonyl (C=O) groups is 1. The predicted molar refractivity (Wildman–Crippen MR) is 154 cm³/mol. The van der Waals surface area contributed by atoms with Crippen LogP contribution in [-0.4, -0.2) is 64.4 Å². The highest BCUT2D eigenvalue weighted by atomic mass is 16.3. The molecular formula is C33H51N3O3. The first-order valence-corrected chi connectivity index (χ1v) is 16.0. The molecule has 2 N–H and O–H groups in total. The lowest BCUT2D eigenvalue weighted by molar-refractivity contribution is -0.174. The van der Waals surface area contributed by atoms with Crippen molar-refractivity contribution in [1.82, 2.24) is 9.88 Å². The highest BCUT2D eigenvalue weighted by Crippen LogP contribution is 2.68. The largest absolute Gasteiger partial charge is 0.393 e. The highest BCUT2D eigenvalue weighted by Gasteiger charge is 2.62. The summed E-state index contributed by atoms with van der Waals surface area (Å²) < 4.78 is 0. The van der Waals surface area contributed by atoms with Gasteiger partial charge in [0, 0.05) is 38.8 Å². The van der Waals surface area contributed by atoms with Gasteiger partial charge in [-0.05, 0) is 116 Å². The summed E-state index contributed by atoms with van der Waals surface area (Å²) in [7, 11) is 0. The third-order valence-electron chi connectivity index (χ3n) is 12.8. The van der Waals surface area contributed by atoms with Gasteiger partial charge in [-0.15, -0.1) is 0 Å². The van der Waals surface area contributed by atoms with Crippen LogP contribution in [0.15, 0.2) is 24.4 Å². The molecule has 1 aliphatic heterocycles. The van der Waals surface area contributed by atoms with Crippen LogP contribution < -0.4 is 4.90 Å². The van der Waals surface area contributed by atoms with Crippen molar-refractivity contribution in [2.45, 2.75) is 97.2 Å². The number of nitrogens with zero attached hydrogens (tertiary/aromatic N) is 3. The van der Waals surface area contributed by atoms with Crippen LogP contribution in [0.4, 0.5) is 5.82 Å². The summed E-state index contributed by atoms with van der Waals surface area (Å²) >= 11 is 0. The molecule has 6 heteroatoms. The summed E-state index contributed by atoms with van der Waals surface area (Å²) in [5, 5.41) is 21.9. The summed E-state index contributed by atoms with van der Waals surface area (Å²) in [6, 6.07) is 6.01. The van der Waals surface area contributed by atoms with E-state index in [1.807, 2.05) is 24.4 Å². The topological polar surface area (TPSA) is 76.9 Å². The van der Waals surface area contributed by atoms with Gasteiger partial charge in [-0.3, -0.25) is 4.79 Å². The van der Waals surface area contributed by atoms with E-state index in [0.717, 1.165) is 64.1 Å². The number of aromatic nitrogens is 1. The lowest BCUT2D eigenvalue weighted by atomic mass is 9.43. The fourth-order valence-electron chi connectivity index (χ4n) is 10.6. The van der Waals surface area contributed by atoms with Crippen LogP contribution in [0.25, 0.3) is 0 Å². The number of aliphatic hydroxyl groups is 2. The number of piperazine rings is 1. The highest BCUT2D eigenvalue weighted by molar-refractivity contribution is 5.76. The van der Waals surface area contributed by atoms with E-state index in [-0.39, 0.29) is 23.0 Å². The van der Waals surface area contributed by atoms with Gasteiger partial charge < -0.3 is 20.0 Å². The minimum Gasteiger partial charge on any atom is -0.393 e. The number of amides is 1. The number of hydrogen-bond acceptors (Lipinski definition) is 5. The van der Waals surface area contributed by atoms with Gasteiger partial charge >= 0.3 is 0 Å². The molecule has 0 unspecified atom stereocenters. The summed E-state index contributed by atoms with van der Waals surface area (Å²) in [4.78, 5) is 22.0. The third kappa shape index (κ3) is 4.81. The van der Waals surface area contributed by atoms with Crippen molar-refractivity contribution >= 4 is 11.7 Å². The zero-order valence-electron chi connectivity index (χ0n) is 24.5. The first kappa shape index (κ1) is 27.5. The molecule has 0 aromatic carbocycles.